The molecule has 0 radical (unpaired) electrons. The van der Waals surface area contributed by atoms with Crippen molar-refractivity contribution in [3.63, 3.8) is 0 Å². The Kier molecular flexibility index (Phi) is 5.66. The summed E-state index contributed by atoms with van der Waals surface area (Å²) in [7, 11) is 0. The van der Waals surface area contributed by atoms with Gasteiger partial charge in [-0.3, -0.25) is 0 Å². The highest BCUT2D eigenvalue weighted by atomic mass is 32.2. The highest BCUT2D eigenvalue weighted by molar-refractivity contribution is 8.00. The standard InChI is InChI=1S/C14H22O3S/c1-10(15)12(16)9-13(17)14(2,3)18-11-7-5-4-6-8-11/h4-8,10,12-13,15-17H,9H2,1-3H3/t10-,12+,13-/m0/s1. The van der Waals surface area contributed by atoms with Crippen LogP contribution in [0.3, 0.4) is 0 Å². The van der Waals surface area contributed by atoms with E-state index in [2.05, 4.69) is 0 Å². The highest BCUT2D eigenvalue weighted by Crippen LogP contribution is 2.36. The molecule has 0 unspecified atom stereocenters. The number of thioether (sulfide) groups is 1. The molecule has 0 bridgehead atoms. The molecule has 18 heavy (non-hydrogen) atoms. The van der Waals surface area contributed by atoms with Gasteiger partial charge in [-0.25, -0.2) is 0 Å². The fraction of sp³-hybridized carbons (Fsp3) is 0.571. The largest absolute Gasteiger partial charge is 0.392 e. The van der Waals surface area contributed by atoms with Gasteiger partial charge < -0.3 is 15.3 Å². The Balaban J connectivity index is 2.62. The quantitative estimate of drug-likeness (QED) is 0.692. The van der Waals surface area contributed by atoms with Crippen LogP contribution < -0.4 is 0 Å². The lowest BCUT2D eigenvalue weighted by atomic mass is 9.98. The smallest absolute Gasteiger partial charge is 0.0821 e. The predicted octanol–water partition coefficient (Wildman–Crippen LogP) is 2.05. The number of aliphatic hydroxyl groups excluding tert-OH is 3. The zero-order chi connectivity index (χ0) is 13.8. The van der Waals surface area contributed by atoms with Crippen LogP contribution in [0.5, 0.6) is 0 Å². The molecule has 0 heterocycles. The van der Waals surface area contributed by atoms with E-state index in [0.717, 1.165) is 4.90 Å². The van der Waals surface area contributed by atoms with E-state index in [-0.39, 0.29) is 6.42 Å². The van der Waals surface area contributed by atoms with Crippen molar-refractivity contribution in [2.75, 3.05) is 0 Å². The molecule has 0 amide bonds. The van der Waals surface area contributed by atoms with Gasteiger partial charge >= 0.3 is 0 Å². The van der Waals surface area contributed by atoms with E-state index in [0.29, 0.717) is 0 Å². The Labute approximate surface area is 113 Å². The molecule has 0 aliphatic carbocycles. The maximum absolute atomic E-state index is 10.2. The maximum Gasteiger partial charge on any atom is 0.0821 e. The molecule has 0 aromatic heterocycles. The zero-order valence-corrected chi connectivity index (χ0v) is 11.9. The summed E-state index contributed by atoms with van der Waals surface area (Å²) in [6.07, 6.45) is -2.23. The van der Waals surface area contributed by atoms with Gasteiger partial charge in [-0.05, 0) is 32.9 Å². The second-order valence-corrected chi connectivity index (χ2v) is 6.81. The van der Waals surface area contributed by atoms with Crippen LogP contribution in [0.2, 0.25) is 0 Å². The van der Waals surface area contributed by atoms with Gasteiger partial charge in [0.2, 0.25) is 0 Å². The van der Waals surface area contributed by atoms with Gasteiger partial charge in [0.15, 0.2) is 0 Å². The SMILES string of the molecule is C[C@H](O)[C@H](O)C[C@H](O)C(C)(C)Sc1ccccc1. The van der Waals surface area contributed by atoms with E-state index in [1.54, 1.807) is 11.8 Å². The van der Waals surface area contributed by atoms with Gasteiger partial charge in [0.05, 0.1) is 18.3 Å². The first-order valence-corrected chi connectivity index (χ1v) is 6.93. The van der Waals surface area contributed by atoms with Crippen LogP contribution in [0.1, 0.15) is 27.2 Å². The number of aliphatic hydroxyl groups is 3. The summed E-state index contributed by atoms with van der Waals surface area (Å²) in [6.45, 7) is 5.39. The molecular formula is C14H22O3S. The van der Waals surface area contributed by atoms with E-state index < -0.39 is 23.1 Å². The van der Waals surface area contributed by atoms with E-state index in [4.69, 9.17) is 0 Å². The minimum atomic E-state index is -0.893. The Bertz CT molecular complexity index is 351. The lowest BCUT2D eigenvalue weighted by Crippen LogP contribution is -2.38. The zero-order valence-electron chi connectivity index (χ0n) is 11.1. The van der Waals surface area contributed by atoms with E-state index in [9.17, 15) is 15.3 Å². The van der Waals surface area contributed by atoms with Crippen LogP contribution in [0.4, 0.5) is 0 Å². The van der Waals surface area contributed by atoms with Crippen LogP contribution in [0, 0.1) is 0 Å². The fourth-order valence-corrected chi connectivity index (χ4v) is 2.70. The summed E-state index contributed by atoms with van der Waals surface area (Å²) in [6, 6.07) is 9.84. The molecular weight excluding hydrogens is 248 g/mol. The third-order valence-electron chi connectivity index (χ3n) is 2.95. The van der Waals surface area contributed by atoms with Crippen LogP contribution in [-0.4, -0.2) is 38.4 Å². The van der Waals surface area contributed by atoms with E-state index in [1.165, 1.54) is 6.92 Å². The molecule has 0 saturated carbocycles. The summed E-state index contributed by atoms with van der Waals surface area (Å²) in [4.78, 5) is 1.08. The summed E-state index contributed by atoms with van der Waals surface area (Å²) in [5.41, 5.74) is 0. The molecule has 1 aromatic rings. The van der Waals surface area contributed by atoms with Crippen molar-refractivity contribution >= 4 is 11.8 Å². The first kappa shape index (κ1) is 15.5. The lowest BCUT2D eigenvalue weighted by Gasteiger charge is -2.31. The molecule has 102 valence electrons. The monoisotopic (exact) mass is 270 g/mol. The molecule has 0 saturated heterocycles. The molecule has 3 N–H and O–H groups in total. The summed E-state index contributed by atoms with van der Waals surface area (Å²) < 4.78 is -0.419. The molecule has 4 heteroatoms. The number of hydrogen-bond acceptors (Lipinski definition) is 4. The normalized spacial score (nSPS) is 17.2. The van der Waals surface area contributed by atoms with Gasteiger partial charge in [0, 0.05) is 16.1 Å². The van der Waals surface area contributed by atoms with E-state index >= 15 is 0 Å². The Morgan fingerprint density at radius 1 is 1.11 bits per heavy atom. The van der Waals surface area contributed by atoms with Gasteiger partial charge in [-0.1, -0.05) is 18.2 Å². The first-order chi connectivity index (χ1) is 8.33. The van der Waals surface area contributed by atoms with Crippen LogP contribution in [-0.2, 0) is 0 Å². The third kappa shape index (κ3) is 4.61. The van der Waals surface area contributed by atoms with Crippen molar-refractivity contribution in [2.24, 2.45) is 0 Å². The molecule has 0 spiro atoms. The first-order valence-electron chi connectivity index (χ1n) is 6.11. The Morgan fingerprint density at radius 2 is 1.67 bits per heavy atom. The minimum Gasteiger partial charge on any atom is -0.392 e. The van der Waals surface area contributed by atoms with Crippen molar-refractivity contribution in [1.29, 1.82) is 0 Å². The highest BCUT2D eigenvalue weighted by Gasteiger charge is 2.31. The van der Waals surface area contributed by atoms with E-state index in [1.807, 2.05) is 44.2 Å². The van der Waals surface area contributed by atoms with Crippen LogP contribution >= 0.6 is 11.8 Å². The van der Waals surface area contributed by atoms with Gasteiger partial charge in [-0.15, -0.1) is 11.8 Å². The molecule has 0 fully saturated rings. The fourth-order valence-electron chi connectivity index (χ4n) is 1.57. The number of hydrogen-bond donors (Lipinski definition) is 3. The maximum atomic E-state index is 10.2. The molecule has 3 nitrogen and oxygen atoms in total. The van der Waals surface area contributed by atoms with Gasteiger partial charge in [0.25, 0.3) is 0 Å². The second kappa shape index (κ2) is 6.57. The van der Waals surface area contributed by atoms with Crippen molar-refractivity contribution in [2.45, 2.75) is 55.1 Å². The average molecular weight is 270 g/mol. The van der Waals surface area contributed by atoms with Crippen molar-refractivity contribution in [1.82, 2.24) is 0 Å². The Morgan fingerprint density at radius 3 is 2.17 bits per heavy atom. The minimum absolute atomic E-state index is 0.171. The summed E-state index contributed by atoms with van der Waals surface area (Å²) in [5, 5.41) is 29.0. The predicted molar refractivity (Wildman–Crippen MR) is 74.7 cm³/mol. The van der Waals surface area contributed by atoms with Crippen molar-refractivity contribution in [3.05, 3.63) is 30.3 Å². The molecule has 0 aliphatic rings. The summed E-state index contributed by atoms with van der Waals surface area (Å²) in [5.74, 6) is 0. The van der Waals surface area contributed by atoms with Crippen molar-refractivity contribution in [3.8, 4) is 0 Å². The molecule has 1 aromatic carbocycles. The number of benzene rings is 1. The Hall–Kier alpha value is -0.550. The average Bonchev–Trinajstić information content (AvgIpc) is 2.29. The topological polar surface area (TPSA) is 60.7 Å². The van der Waals surface area contributed by atoms with Crippen LogP contribution in [0.15, 0.2) is 35.2 Å². The molecule has 1 rings (SSSR count). The van der Waals surface area contributed by atoms with Crippen molar-refractivity contribution < 1.29 is 15.3 Å². The second-order valence-electron chi connectivity index (χ2n) is 5.08. The lowest BCUT2D eigenvalue weighted by molar-refractivity contribution is -0.00907. The molecule has 3 atom stereocenters. The summed E-state index contributed by atoms with van der Waals surface area (Å²) >= 11 is 1.56. The molecule has 0 aliphatic heterocycles. The number of rotatable bonds is 6. The van der Waals surface area contributed by atoms with Crippen LogP contribution in [0.25, 0.3) is 0 Å². The third-order valence-corrected chi connectivity index (χ3v) is 4.25. The van der Waals surface area contributed by atoms with Gasteiger partial charge in [-0.2, -0.15) is 0 Å². The van der Waals surface area contributed by atoms with Gasteiger partial charge in [0.1, 0.15) is 0 Å².